The standard InChI is InChI=1S/C26H29N3O3S2/c1-5-24(25(30)27-20-13-21(31-3)16-22(14-20)32-4)34-23-8-6-7-19(15-23)29-26(33)28-18-11-9-17(2)10-12-18/h6-16,24H,5H2,1-4H3,(H,27,30)(H2,28,29,33). The molecule has 3 aromatic rings. The zero-order valence-corrected chi connectivity index (χ0v) is 21.3. The normalized spacial score (nSPS) is 11.3. The first-order chi connectivity index (χ1) is 16.4. The third-order valence-electron chi connectivity index (χ3n) is 4.96. The maximum atomic E-state index is 13.0. The fraction of sp³-hybridized carbons (Fsp3) is 0.231. The van der Waals surface area contributed by atoms with Crippen LogP contribution in [0.3, 0.4) is 0 Å². The summed E-state index contributed by atoms with van der Waals surface area (Å²) < 4.78 is 10.6. The molecule has 3 N–H and O–H groups in total. The number of hydrogen-bond donors (Lipinski definition) is 3. The number of carbonyl (C=O) groups is 1. The van der Waals surface area contributed by atoms with Gasteiger partial charge in [-0.3, -0.25) is 4.79 Å². The highest BCUT2D eigenvalue weighted by molar-refractivity contribution is 8.00. The molecule has 1 atom stereocenters. The molecule has 0 heterocycles. The second-order valence-corrected chi connectivity index (χ2v) is 9.26. The fourth-order valence-electron chi connectivity index (χ4n) is 3.17. The number of thioether (sulfide) groups is 1. The molecule has 0 spiro atoms. The first-order valence-electron chi connectivity index (χ1n) is 10.9. The molecular formula is C26H29N3O3S2. The van der Waals surface area contributed by atoms with E-state index in [1.165, 1.54) is 17.3 Å². The van der Waals surface area contributed by atoms with Crippen LogP contribution in [-0.2, 0) is 4.79 Å². The number of carbonyl (C=O) groups excluding carboxylic acids is 1. The predicted molar refractivity (Wildman–Crippen MR) is 146 cm³/mol. The van der Waals surface area contributed by atoms with Crippen LogP contribution >= 0.6 is 24.0 Å². The quantitative estimate of drug-likeness (QED) is 0.237. The molecule has 0 fully saturated rings. The number of amides is 1. The minimum absolute atomic E-state index is 0.0854. The van der Waals surface area contributed by atoms with Crippen LogP contribution in [0.2, 0.25) is 0 Å². The Balaban J connectivity index is 1.63. The lowest BCUT2D eigenvalue weighted by Gasteiger charge is -2.17. The van der Waals surface area contributed by atoms with Crippen molar-refractivity contribution >= 4 is 52.1 Å². The van der Waals surface area contributed by atoms with Gasteiger partial charge < -0.3 is 25.4 Å². The van der Waals surface area contributed by atoms with Crippen LogP contribution in [0.5, 0.6) is 11.5 Å². The monoisotopic (exact) mass is 495 g/mol. The van der Waals surface area contributed by atoms with Crippen LogP contribution < -0.4 is 25.4 Å². The van der Waals surface area contributed by atoms with Crippen LogP contribution in [-0.4, -0.2) is 30.5 Å². The first kappa shape index (κ1) is 25.4. The highest BCUT2D eigenvalue weighted by Gasteiger charge is 2.19. The Bertz CT molecular complexity index is 1110. The fourth-order valence-corrected chi connectivity index (χ4v) is 4.42. The smallest absolute Gasteiger partial charge is 0.237 e. The minimum Gasteiger partial charge on any atom is -0.497 e. The number of aryl methyl sites for hydroxylation is 1. The van der Waals surface area contributed by atoms with E-state index < -0.39 is 0 Å². The van der Waals surface area contributed by atoms with E-state index in [9.17, 15) is 4.79 Å². The summed E-state index contributed by atoms with van der Waals surface area (Å²) in [7, 11) is 3.15. The molecule has 3 aromatic carbocycles. The molecule has 0 aliphatic heterocycles. The van der Waals surface area contributed by atoms with Crippen molar-refractivity contribution in [2.45, 2.75) is 30.4 Å². The molecule has 6 nitrogen and oxygen atoms in total. The topological polar surface area (TPSA) is 71.6 Å². The molecule has 0 radical (unpaired) electrons. The maximum Gasteiger partial charge on any atom is 0.237 e. The Morgan fingerprint density at radius 1 is 0.882 bits per heavy atom. The average Bonchev–Trinajstić information content (AvgIpc) is 2.83. The Morgan fingerprint density at radius 2 is 1.53 bits per heavy atom. The average molecular weight is 496 g/mol. The number of thiocarbonyl (C=S) groups is 1. The molecule has 178 valence electrons. The molecular weight excluding hydrogens is 466 g/mol. The van der Waals surface area contributed by atoms with Crippen molar-refractivity contribution in [3.63, 3.8) is 0 Å². The zero-order chi connectivity index (χ0) is 24.5. The molecule has 3 rings (SSSR count). The van der Waals surface area contributed by atoms with Gasteiger partial charge >= 0.3 is 0 Å². The number of benzene rings is 3. The molecule has 0 aromatic heterocycles. The minimum atomic E-state index is -0.273. The molecule has 0 saturated heterocycles. The van der Waals surface area contributed by atoms with Crippen molar-refractivity contribution in [3.8, 4) is 11.5 Å². The number of nitrogens with one attached hydrogen (secondary N) is 3. The molecule has 0 aliphatic rings. The number of hydrogen-bond acceptors (Lipinski definition) is 5. The van der Waals surface area contributed by atoms with E-state index in [4.69, 9.17) is 21.7 Å². The van der Waals surface area contributed by atoms with E-state index in [1.54, 1.807) is 32.4 Å². The molecule has 8 heteroatoms. The lowest BCUT2D eigenvalue weighted by Crippen LogP contribution is -2.24. The zero-order valence-electron chi connectivity index (χ0n) is 19.7. The number of ether oxygens (including phenoxy) is 2. The second-order valence-electron chi connectivity index (χ2n) is 7.58. The lowest BCUT2D eigenvalue weighted by molar-refractivity contribution is -0.115. The largest absolute Gasteiger partial charge is 0.497 e. The predicted octanol–water partition coefficient (Wildman–Crippen LogP) is 6.33. The van der Waals surface area contributed by atoms with E-state index in [0.29, 0.717) is 28.7 Å². The van der Waals surface area contributed by atoms with Crippen molar-refractivity contribution < 1.29 is 14.3 Å². The van der Waals surface area contributed by atoms with Crippen LogP contribution in [0.15, 0.2) is 71.6 Å². The summed E-state index contributed by atoms with van der Waals surface area (Å²) >= 11 is 6.95. The number of rotatable bonds is 9. The summed E-state index contributed by atoms with van der Waals surface area (Å²) in [6, 6.07) is 21.2. The number of methoxy groups -OCH3 is 2. The molecule has 1 amide bonds. The van der Waals surface area contributed by atoms with Gasteiger partial charge in [0, 0.05) is 40.2 Å². The van der Waals surface area contributed by atoms with Gasteiger partial charge in [-0.15, -0.1) is 11.8 Å². The Kier molecular flexibility index (Phi) is 9.18. The summed E-state index contributed by atoms with van der Waals surface area (Å²) in [4.78, 5) is 13.9. The Hall–Kier alpha value is -3.23. The van der Waals surface area contributed by atoms with Crippen LogP contribution in [0.1, 0.15) is 18.9 Å². The van der Waals surface area contributed by atoms with Crippen molar-refractivity contribution in [1.82, 2.24) is 0 Å². The van der Waals surface area contributed by atoms with Crippen LogP contribution in [0, 0.1) is 6.92 Å². The van der Waals surface area contributed by atoms with E-state index in [2.05, 4.69) is 16.0 Å². The maximum absolute atomic E-state index is 13.0. The molecule has 0 aliphatic carbocycles. The highest BCUT2D eigenvalue weighted by Crippen LogP contribution is 2.30. The summed E-state index contributed by atoms with van der Waals surface area (Å²) in [5.74, 6) is 1.14. The first-order valence-corrected chi connectivity index (χ1v) is 12.1. The summed E-state index contributed by atoms with van der Waals surface area (Å²) in [6.45, 7) is 4.03. The van der Waals surface area contributed by atoms with Gasteiger partial charge in [-0.25, -0.2) is 0 Å². The van der Waals surface area contributed by atoms with E-state index in [1.807, 2.05) is 62.4 Å². The molecule has 34 heavy (non-hydrogen) atoms. The second kappa shape index (κ2) is 12.3. The van der Waals surface area contributed by atoms with Crippen molar-refractivity contribution in [3.05, 3.63) is 72.3 Å². The molecule has 0 bridgehead atoms. The van der Waals surface area contributed by atoms with E-state index in [-0.39, 0.29) is 11.2 Å². The third kappa shape index (κ3) is 7.40. The van der Waals surface area contributed by atoms with Crippen LogP contribution in [0.4, 0.5) is 17.1 Å². The van der Waals surface area contributed by atoms with Gasteiger partial charge in [-0.1, -0.05) is 30.7 Å². The van der Waals surface area contributed by atoms with E-state index >= 15 is 0 Å². The van der Waals surface area contributed by atoms with Gasteiger partial charge in [-0.2, -0.15) is 0 Å². The van der Waals surface area contributed by atoms with Crippen molar-refractivity contribution in [1.29, 1.82) is 0 Å². The molecule has 1 unspecified atom stereocenters. The third-order valence-corrected chi connectivity index (χ3v) is 6.52. The van der Waals surface area contributed by atoms with Gasteiger partial charge in [0.25, 0.3) is 0 Å². The van der Waals surface area contributed by atoms with Crippen molar-refractivity contribution in [2.75, 3.05) is 30.2 Å². The number of anilines is 3. The Morgan fingerprint density at radius 3 is 2.15 bits per heavy atom. The van der Waals surface area contributed by atoms with Gasteiger partial charge in [0.05, 0.1) is 19.5 Å². The SMILES string of the molecule is CCC(Sc1cccc(NC(=S)Nc2ccc(C)cc2)c1)C(=O)Nc1cc(OC)cc(OC)c1. The van der Waals surface area contributed by atoms with Crippen LogP contribution in [0.25, 0.3) is 0 Å². The van der Waals surface area contributed by atoms with E-state index in [0.717, 1.165) is 16.3 Å². The van der Waals surface area contributed by atoms with Gasteiger partial charge in [0.15, 0.2) is 5.11 Å². The van der Waals surface area contributed by atoms with Gasteiger partial charge in [0.2, 0.25) is 5.91 Å². The highest BCUT2D eigenvalue weighted by atomic mass is 32.2. The van der Waals surface area contributed by atoms with Gasteiger partial charge in [-0.05, 0) is 55.9 Å². The van der Waals surface area contributed by atoms with Crippen molar-refractivity contribution in [2.24, 2.45) is 0 Å². The Labute approximate surface area is 210 Å². The lowest BCUT2D eigenvalue weighted by atomic mass is 10.2. The summed E-state index contributed by atoms with van der Waals surface area (Å²) in [5, 5.41) is 9.60. The summed E-state index contributed by atoms with van der Waals surface area (Å²) in [5.41, 5.74) is 3.59. The molecule has 0 saturated carbocycles. The van der Waals surface area contributed by atoms with Gasteiger partial charge in [0.1, 0.15) is 11.5 Å². The summed E-state index contributed by atoms with van der Waals surface area (Å²) in [6.07, 6.45) is 0.669.